The number of ketones is 1. The van der Waals surface area contributed by atoms with Gasteiger partial charge in [0.25, 0.3) is 0 Å². The number of ether oxygens (including phenoxy) is 2. The van der Waals surface area contributed by atoms with Crippen molar-refractivity contribution in [3.63, 3.8) is 0 Å². The van der Waals surface area contributed by atoms with Crippen LogP contribution in [0, 0.1) is 29.6 Å². The SMILES string of the molecule is C=C1C(C)[C@H](OC)CC(=O)C(C)CC[C@@H](CCC(CC(C)C)=NC)[C@@H](C)C[C@]1(C)OC(=O)NCc1ccccc1. The van der Waals surface area contributed by atoms with Crippen molar-refractivity contribution in [3.8, 4) is 0 Å². The Bertz CT molecular complexity index is 989. The van der Waals surface area contributed by atoms with Gasteiger partial charge >= 0.3 is 6.09 Å². The normalized spacial score (nSPS) is 29.0. The fourth-order valence-electron chi connectivity index (χ4n) is 6.07. The molecule has 224 valence electrons. The lowest BCUT2D eigenvalue weighted by Gasteiger charge is -2.40. The van der Waals surface area contributed by atoms with E-state index in [-0.39, 0.29) is 29.6 Å². The molecule has 1 N–H and O–H groups in total. The summed E-state index contributed by atoms with van der Waals surface area (Å²) in [6.07, 6.45) is 4.94. The van der Waals surface area contributed by atoms with Crippen LogP contribution in [0.1, 0.15) is 92.1 Å². The molecule has 0 radical (unpaired) electrons. The standard InChI is InChI=1S/C34H54N2O4/c1-23(2)19-30(35-8)18-17-29-16-15-24(3)31(37)20-32(39-9)26(5)27(6)34(7,21-25(29)4)40-33(38)36-22-28-13-11-10-12-14-28/h10-14,23-26,29,32H,6,15-22H2,1-5,7-9H3,(H,36,38)/t24?,25-,26?,29-,32+,34-/m0/s1. The van der Waals surface area contributed by atoms with Gasteiger partial charge in [0.05, 0.1) is 6.10 Å². The highest BCUT2D eigenvalue weighted by molar-refractivity contribution is 5.84. The number of benzene rings is 1. The first-order valence-corrected chi connectivity index (χ1v) is 15.1. The third-order valence-electron chi connectivity index (χ3n) is 8.89. The van der Waals surface area contributed by atoms with Gasteiger partial charge < -0.3 is 14.8 Å². The number of Topliss-reactive ketones (excluding diaryl/α,β-unsaturated/α-hetero) is 1. The first-order valence-electron chi connectivity index (χ1n) is 15.1. The van der Waals surface area contributed by atoms with E-state index in [1.54, 1.807) is 7.11 Å². The molecule has 6 nitrogen and oxygen atoms in total. The lowest BCUT2D eigenvalue weighted by Crippen LogP contribution is -2.44. The molecule has 0 spiro atoms. The average molecular weight is 555 g/mol. The van der Waals surface area contributed by atoms with Crippen LogP contribution < -0.4 is 5.32 Å². The summed E-state index contributed by atoms with van der Waals surface area (Å²) >= 11 is 0. The number of hydrogen-bond acceptors (Lipinski definition) is 5. The Hall–Kier alpha value is -2.47. The number of alkyl carbamates (subject to hydrolysis) is 1. The zero-order valence-electron chi connectivity index (χ0n) is 26.3. The Kier molecular flexibility index (Phi) is 13.6. The zero-order chi connectivity index (χ0) is 29.9. The molecule has 1 aromatic rings. The summed E-state index contributed by atoms with van der Waals surface area (Å²) in [6, 6.07) is 9.79. The van der Waals surface area contributed by atoms with Gasteiger partial charge in [-0.1, -0.05) is 71.5 Å². The van der Waals surface area contributed by atoms with Crippen LogP contribution >= 0.6 is 0 Å². The Labute approximate surface area is 243 Å². The second-order valence-electron chi connectivity index (χ2n) is 12.6. The first kappa shape index (κ1) is 33.7. The predicted molar refractivity (Wildman–Crippen MR) is 165 cm³/mol. The number of nitrogens with one attached hydrogen (secondary N) is 1. The van der Waals surface area contributed by atoms with Crippen molar-refractivity contribution in [2.75, 3.05) is 14.2 Å². The van der Waals surface area contributed by atoms with Gasteiger partial charge in [0.2, 0.25) is 0 Å². The van der Waals surface area contributed by atoms with E-state index >= 15 is 0 Å². The Morgan fingerprint density at radius 2 is 1.85 bits per heavy atom. The molecule has 1 aliphatic rings. The monoisotopic (exact) mass is 554 g/mol. The van der Waals surface area contributed by atoms with Crippen LogP contribution in [0.5, 0.6) is 0 Å². The van der Waals surface area contributed by atoms with Crippen molar-refractivity contribution >= 4 is 17.6 Å². The van der Waals surface area contributed by atoms with Crippen LogP contribution in [0.25, 0.3) is 0 Å². The maximum atomic E-state index is 13.2. The number of carbonyl (C=O) groups excluding carboxylic acids is 2. The average Bonchev–Trinajstić information content (AvgIpc) is 2.92. The lowest BCUT2D eigenvalue weighted by atomic mass is 9.72. The van der Waals surface area contributed by atoms with Crippen LogP contribution in [0.3, 0.4) is 0 Å². The quantitative estimate of drug-likeness (QED) is 0.249. The maximum absolute atomic E-state index is 13.2. The summed E-state index contributed by atoms with van der Waals surface area (Å²) in [5, 5.41) is 2.92. The number of amides is 1. The number of aliphatic imine (C=N–C) groups is 1. The van der Waals surface area contributed by atoms with Crippen molar-refractivity contribution in [3.05, 3.63) is 48.0 Å². The highest BCUT2D eigenvalue weighted by Gasteiger charge is 2.41. The molecule has 1 saturated carbocycles. The number of hydrogen-bond donors (Lipinski definition) is 1. The van der Waals surface area contributed by atoms with Gasteiger partial charge in [0, 0.05) is 44.7 Å². The minimum absolute atomic E-state index is 0.0198. The summed E-state index contributed by atoms with van der Waals surface area (Å²) in [5.74, 6) is 1.22. The molecule has 1 aliphatic carbocycles. The summed E-state index contributed by atoms with van der Waals surface area (Å²) in [5.41, 5.74) is 2.13. The first-order chi connectivity index (χ1) is 18.9. The summed E-state index contributed by atoms with van der Waals surface area (Å²) in [4.78, 5) is 30.9. The molecular formula is C34H54N2O4. The number of rotatable bonds is 9. The van der Waals surface area contributed by atoms with Crippen molar-refractivity contribution in [1.82, 2.24) is 5.32 Å². The van der Waals surface area contributed by atoms with E-state index in [4.69, 9.17) is 9.47 Å². The van der Waals surface area contributed by atoms with Gasteiger partial charge in [-0.15, -0.1) is 0 Å². The van der Waals surface area contributed by atoms with Gasteiger partial charge in [-0.2, -0.15) is 0 Å². The number of methoxy groups -OCH3 is 1. The lowest BCUT2D eigenvalue weighted by molar-refractivity contribution is -0.126. The van der Waals surface area contributed by atoms with E-state index in [9.17, 15) is 9.59 Å². The minimum Gasteiger partial charge on any atom is -0.439 e. The molecule has 2 unspecified atom stereocenters. The molecule has 6 heteroatoms. The van der Waals surface area contributed by atoms with Gasteiger partial charge in [-0.25, -0.2) is 4.79 Å². The van der Waals surface area contributed by atoms with Gasteiger partial charge in [-0.3, -0.25) is 9.79 Å². The van der Waals surface area contributed by atoms with Crippen molar-refractivity contribution in [2.45, 2.75) is 105 Å². The van der Waals surface area contributed by atoms with Gasteiger partial charge in [-0.05, 0) is 74.3 Å². The van der Waals surface area contributed by atoms with E-state index in [1.165, 1.54) is 5.71 Å². The van der Waals surface area contributed by atoms with Crippen LogP contribution in [-0.2, 0) is 20.8 Å². The van der Waals surface area contributed by atoms with Crippen molar-refractivity contribution < 1.29 is 19.1 Å². The Morgan fingerprint density at radius 1 is 1.18 bits per heavy atom. The Morgan fingerprint density at radius 3 is 2.45 bits per heavy atom. The molecular weight excluding hydrogens is 500 g/mol. The smallest absolute Gasteiger partial charge is 0.408 e. The molecule has 0 saturated heterocycles. The molecule has 2 rings (SSSR count). The third-order valence-corrected chi connectivity index (χ3v) is 8.89. The van der Waals surface area contributed by atoms with Crippen LogP contribution in [0.15, 0.2) is 47.5 Å². The number of carbonyl (C=O) groups is 2. The maximum Gasteiger partial charge on any atom is 0.408 e. The predicted octanol–water partition coefficient (Wildman–Crippen LogP) is 7.81. The summed E-state index contributed by atoms with van der Waals surface area (Å²) < 4.78 is 12.0. The topological polar surface area (TPSA) is 77.0 Å². The second kappa shape index (κ2) is 16.1. The van der Waals surface area contributed by atoms with Crippen molar-refractivity contribution in [2.24, 2.45) is 34.6 Å². The van der Waals surface area contributed by atoms with Crippen LogP contribution in [0.4, 0.5) is 4.79 Å². The molecule has 1 amide bonds. The van der Waals surface area contributed by atoms with Crippen molar-refractivity contribution in [1.29, 1.82) is 0 Å². The van der Waals surface area contributed by atoms with Gasteiger partial charge in [0.15, 0.2) is 0 Å². The molecule has 1 fully saturated rings. The molecule has 0 heterocycles. The molecule has 40 heavy (non-hydrogen) atoms. The second-order valence-corrected chi connectivity index (χ2v) is 12.6. The van der Waals surface area contributed by atoms with E-state index in [1.807, 2.05) is 58.2 Å². The summed E-state index contributed by atoms with van der Waals surface area (Å²) in [6.45, 7) is 17.6. The number of nitrogens with zero attached hydrogens (tertiary/aromatic N) is 1. The van der Waals surface area contributed by atoms with E-state index in [0.717, 1.165) is 43.2 Å². The van der Waals surface area contributed by atoms with E-state index in [2.05, 4.69) is 37.7 Å². The third kappa shape index (κ3) is 10.2. The largest absolute Gasteiger partial charge is 0.439 e. The molecule has 0 aromatic heterocycles. The highest BCUT2D eigenvalue weighted by atomic mass is 16.6. The van der Waals surface area contributed by atoms with E-state index < -0.39 is 11.7 Å². The van der Waals surface area contributed by atoms with Gasteiger partial charge in [0.1, 0.15) is 11.4 Å². The zero-order valence-corrected chi connectivity index (χ0v) is 26.3. The summed E-state index contributed by atoms with van der Waals surface area (Å²) in [7, 11) is 3.53. The highest BCUT2D eigenvalue weighted by Crippen LogP contribution is 2.40. The molecule has 0 bridgehead atoms. The molecule has 1 aromatic carbocycles. The fraction of sp³-hybridized carbons (Fsp3) is 0.676. The van der Waals surface area contributed by atoms with Crippen LogP contribution in [-0.4, -0.2) is 43.5 Å². The molecule has 6 atom stereocenters. The minimum atomic E-state index is -0.915. The van der Waals surface area contributed by atoms with E-state index in [0.29, 0.717) is 31.2 Å². The Balaban J connectivity index is 2.33. The molecule has 0 aliphatic heterocycles. The van der Waals surface area contributed by atoms with Crippen LogP contribution in [0.2, 0.25) is 0 Å². The fourth-order valence-corrected chi connectivity index (χ4v) is 6.07.